The molecule has 0 bridgehead atoms. The Kier molecular flexibility index (Phi) is 11.5. The van der Waals surface area contributed by atoms with E-state index in [1.807, 2.05) is 0 Å². The van der Waals surface area contributed by atoms with Gasteiger partial charge in [0, 0.05) is 13.1 Å². The summed E-state index contributed by atoms with van der Waals surface area (Å²) in [5.74, 6) is -2.26. The first-order valence-corrected chi connectivity index (χ1v) is 11.9. The minimum absolute atomic E-state index is 0.0417. The molecule has 0 spiro atoms. The van der Waals surface area contributed by atoms with Crippen LogP contribution in [0.4, 0.5) is 0 Å². The van der Waals surface area contributed by atoms with Gasteiger partial charge in [0.1, 0.15) is 11.8 Å². The minimum atomic E-state index is -1.29. The lowest BCUT2D eigenvalue weighted by Gasteiger charge is -2.30. The van der Waals surface area contributed by atoms with Crippen molar-refractivity contribution in [2.75, 3.05) is 6.54 Å². The molecule has 194 valence electrons. The lowest BCUT2D eigenvalue weighted by atomic mass is 10.1. The molecule has 0 aliphatic heterocycles. The maximum absolute atomic E-state index is 13.1. The summed E-state index contributed by atoms with van der Waals surface area (Å²) < 4.78 is 5.60. The van der Waals surface area contributed by atoms with E-state index >= 15 is 0 Å². The summed E-state index contributed by atoms with van der Waals surface area (Å²) in [6, 6.07) is 12.3. The zero-order valence-electron chi connectivity index (χ0n) is 19.7. The van der Waals surface area contributed by atoms with Gasteiger partial charge in [-0.15, -0.1) is 0 Å². The van der Waals surface area contributed by atoms with Gasteiger partial charge in [-0.25, -0.2) is 10.2 Å². The van der Waals surface area contributed by atoms with Crippen molar-refractivity contribution in [2.24, 2.45) is 5.73 Å². The summed E-state index contributed by atoms with van der Waals surface area (Å²) in [7, 11) is 0. The Morgan fingerprint density at radius 2 is 1.83 bits per heavy atom. The van der Waals surface area contributed by atoms with Crippen LogP contribution in [-0.2, 0) is 20.9 Å². The normalized spacial score (nSPS) is 12.3. The molecule has 0 saturated carbocycles. The molecule has 36 heavy (non-hydrogen) atoms. The molecule has 0 aromatic heterocycles. The maximum atomic E-state index is 13.1. The monoisotopic (exact) mass is 537 g/mol. The SMILES string of the molecule is CC(Oc1ccccc1)C(=O)CC(=O)N(NCc1ccc(Cl)c(Cl)c1)[C@@H](CCCNC(=N)N)C(=O)O. The van der Waals surface area contributed by atoms with E-state index in [0.29, 0.717) is 27.8 Å². The van der Waals surface area contributed by atoms with E-state index in [1.165, 1.54) is 6.92 Å². The Morgan fingerprint density at radius 3 is 2.44 bits per heavy atom. The van der Waals surface area contributed by atoms with Crippen LogP contribution in [0.2, 0.25) is 10.0 Å². The third kappa shape index (κ3) is 9.37. The molecule has 0 aliphatic carbocycles. The van der Waals surface area contributed by atoms with Crippen LogP contribution < -0.4 is 21.2 Å². The zero-order chi connectivity index (χ0) is 26.7. The standard InChI is InChI=1S/C24H29Cl2N5O5/c1-15(36-17-6-3-2-4-7-17)21(32)13-22(33)31(20(23(34)35)8-5-11-29-24(27)28)30-14-16-9-10-18(25)19(26)12-16/h2-4,6-7,9-10,12,15,20,30H,5,8,11,13-14H2,1H3,(H,34,35)(H4,27,28,29)/t15?,20-/m0/s1. The Bertz CT molecular complexity index is 1070. The highest BCUT2D eigenvalue weighted by molar-refractivity contribution is 6.42. The van der Waals surface area contributed by atoms with Crippen LogP contribution >= 0.6 is 23.2 Å². The molecule has 2 rings (SSSR count). The van der Waals surface area contributed by atoms with Crippen molar-refractivity contribution in [1.82, 2.24) is 15.8 Å². The molecule has 12 heteroatoms. The largest absolute Gasteiger partial charge is 0.483 e. The Labute approximate surface area is 219 Å². The number of nitrogens with zero attached hydrogens (tertiary/aromatic N) is 1. The minimum Gasteiger partial charge on any atom is -0.483 e. The van der Waals surface area contributed by atoms with Crippen molar-refractivity contribution < 1.29 is 24.2 Å². The third-order valence-corrected chi connectivity index (χ3v) is 5.85. The summed E-state index contributed by atoms with van der Waals surface area (Å²) in [5.41, 5.74) is 8.74. The summed E-state index contributed by atoms with van der Waals surface area (Å²) in [5, 5.41) is 21.3. The topological polar surface area (TPSA) is 158 Å². The molecule has 0 radical (unpaired) electrons. The van der Waals surface area contributed by atoms with Gasteiger partial charge in [-0.1, -0.05) is 47.5 Å². The van der Waals surface area contributed by atoms with Gasteiger partial charge < -0.3 is 20.9 Å². The molecular formula is C24H29Cl2N5O5. The predicted octanol–water partition coefficient (Wildman–Crippen LogP) is 2.97. The maximum Gasteiger partial charge on any atom is 0.328 e. The molecule has 6 N–H and O–H groups in total. The number of aliphatic carboxylic acids is 1. The molecule has 2 aromatic rings. The lowest BCUT2D eigenvalue weighted by Crippen LogP contribution is -2.53. The fourth-order valence-corrected chi connectivity index (χ4v) is 3.55. The fraction of sp³-hybridized carbons (Fsp3) is 0.333. The van der Waals surface area contributed by atoms with Crippen molar-refractivity contribution in [3.63, 3.8) is 0 Å². The highest BCUT2D eigenvalue weighted by atomic mass is 35.5. The third-order valence-electron chi connectivity index (χ3n) is 5.11. The second-order valence-electron chi connectivity index (χ2n) is 7.90. The number of nitrogens with two attached hydrogens (primary N) is 1. The first kappa shape index (κ1) is 28.9. The van der Waals surface area contributed by atoms with Gasteiger partial charge in [0.15, 0.2) is 17.8 Å². The number of ketones is 1. The van der Waals surface area contributed by atoms with Crippen LogP contribution in [-0.4, -0.2) is 52.4 Å². The number of carboxylic acids is 1. The van der Waals surface area contributed by atoms with Crippen LogP contribution in [0, 0.1) is 5.41 Å². The number of guanidine groups is 1. The van der Waals surface area contributed by atoms with E-state index < -0.39 is 36.2 Å². The van der Waals surface area contributed by atoms with Gasteiger partial charge in [0.05, 0.1) is 16.5 Å². The number of hydrogen-bond donors (Lipinski definition) is 5. The predicted molar refractivity (Wildman–Crippen MR) is 137 cm³/mol. The molecule has 1 amide bonds. The number of carbonyl (C=O) groups is 3. The van der Waals surface area contributed by atoms with Crippen LogP contribution in [0.5, 0.6) is 5.75 Å². The number of hydrazine groups is 1. The first-order valence-electron chi connectivity index (χ1n) is 11.1. The number of carbonyl (C=O) groups excluding carboxylic acids is 2. The van der Waals surface area contributed by atoms with Crippen LogP contribution in [0.25, 0.3) is 0 Å². The number of rotatable bonds is 14. The quantitative estimate of drug-likeness (QED) is 0.0808. The van der Waals surface area contributed by atoms with Gasteiger partial charge >= 0.3 is 5.97 Å². The summed E-state index contributed by atoms with van der Waals surface area (Å²) >= 11 is 12.0. The van der Waals surface area contributed by atoms with E-state index in [1.54, 1.807) is 48.5 Å². The average Bonchev–Trinajstić information content (AvgIpc) is 2.82. The highest BCUT2D eigenvalue weighted by Crippen LogP contribution is 2.22. The Morgan fingerprint density at radius 1 is 1.14 bits per heavy atom. The molecule has 1 unspecified atom stereocenters. The van der Waals surface area contributed by atoms with Crippen LogP contribution in [0.15, 0.2) is 48.5 Å². The number of para-hydroxylation sites is 1. The van der Waals surface area contributed by atoms with Gasteiger partial charge in [0.25, 0.3) is 0 Å². The van der Waals surface area contributed by atoms with E-state index in [-0.39, 0.29) is 25.5 Å². The van der Waals surface area contributed by atoms with E-state index in [4.69, 9.17) is 39.1 Å². The van der Waals surface area contributed by atoms with Crippen LogP contribution in [0.3, 0.4) is 0 Å². The van der Waals surface area contributed by atoms with E-state index in [0.717, 1.165) is 5.01 Å². The van der Waals surface area contributed by atoms with Crippen molar-refractivity contribution >= 4 is 46.8 Å². The van der Waals surface area contributed by atoms with Crippen molar-refractivity contribution in [3.05, 3.63) is 64.1 Å². The Balaban J connectivity index is 2.15. The number of carboxylic acid groups (broad SMARTS) is 1. The lowest BCUT2D eigenvalue weighted by molar-refractivity contribution is -0.155. The van der Waals surface area contributed by atoms with Gasteiger partial charge in [0.2, 0.25) is 5.91 Å². The number of hydrogen-bond acceptors (Lipinski definition) is 6. The van der Waals surface area contributed by atoms with Gasteiger partial charge in [-0.2, -0.15) is 0 Å². The van der Waals surface area contributed by atoms with Crippen molar-refractivity contribution in [1.29, 1.82) is 5.41 Å². The van der Waals surface area contributed by atoms with E-state index in [9.17, 15) is 19.5 Å². The molecule has 0 aliphatic rings. The number of halogens is 2. The molecular weight excluding hydrogens is 509 g/mol. The second-order valence-corrected chi connectivity index (χ2v) is 8.71. The van der Waals surface area contributed by atoms with Gasteiger partial charge in [-0.05, 0) is 49.6 Å². The number of nitrogens with one attached hydrogen (secondary N) is 3. The fourth-order valence-electron chi connectivity index (χ4n) is 3.23. The van der Waals surface area contributed by atoms with Crippen LogP contribution in [0.1, 0.15) is 31.7 Å². The van der Waals surface area contributed by atoms with Gasteiger partial charge in [-0.3, -0.25) is 20.0 Å². The van der Waals surface area contributed by atoms with Crippen molar-refractivity contribution in [2.45, 2.75) is 44.9 Å². The smallest absolute Gasteiger partial charge is 0.328 e. The van der Waals surface area contributed by atoms with E-state index in [2.05, 4.69) is 10.7 Å². The molecule has 2 aromatic carbocycles. The summed E-state index contributed by atoms with van der Waals surface area (Å²) in [6.45, 7) is 1.83. The number of Topliss-reactive ketones (excluding diaryl/α,β-unsaturated/α-hetero) is 1. The molecule has 0 fully saturated rings. The molecule has 10 nitrogen and oxygen atoms in total. The highest BCUT2D eigenvalue weighted by Gasteiger charge is 2.31. The molecule has 0 heterocycles. The Hall–Kier alpha value is -3.34. The number of amides is 1. The summed E-state index contributed by atoms with van der Waals surface area (Å²) in [4.78, 5) is 37.9. The zero-order valence-corrected chi connectivity index (χ0v) is 21.2. The second kappa shape index (κ2) is 14.3. The first-order chi connectivity index (χ1) is 17.1. The molecule has 0 saturated heterocycles. The van der Waals surface area contributed by atoms with Crippen molar-refractivity contribution in [3.8, 4) is 5.75 Å². The summed E-state index contributed by atoms with van der Waals surface area (Å²) in [6.07, 6.45) is -1.15. The molecule has 2 atom stereocenters. The number of benzene rings is 2. The average molecular weight is 538 g/mol. The number of ether oxygens (including phenoxy) is 1.